The van der Waals surface area contributed by atoms with Gasteiger partial charge in [0.1, 0.15) is 11.6 Å². The maximum Gasteiger partial charge on any atom is 0.246 e. The number of nitrogens with zero attached hydrogens (tertiary/aromatic N) is 1. The molecule has 1 aromatic carbocycles. The fourth-order valence-corrected chi connectivity index (χ4v) is 3.03. The zero-order chi connectivity index (χ0) is 19.8. The standard InChI is InChI=1S/C12H13N3O.C9H15NO/c13-10(7-8-5-6-15-12(8)14)9-3-1-2-4-11(9)16;1-3-9(11)10-7-5-4-6-8(10)2/h1-7,15-16H,13-14H2;3,8H,1,4-7H2,2H3/b10-7-;. The van der Waals surface area contributed by atoms with Gasteiger partial charge in [0.2, 0.25) is 5.91 Å². The summed E-state index contributed by atoms with van der Waals surface area (Å²) in [4.78, 5) is 15.9. The number of anilines is 1. The number of carbonyl (C=O) groups excluding carboxylic acids is 1. The second kappa shape index (κ2) is 9.52. The molecule has 2 heterocycles. The number of phenolic OH excluding ortho intramolecular Hbond substituents is 1. The van der Waals surface area contributed by atoms with Crippen LogP contribution >= 0.6 is 0 Å². The molecule has 6 heteroatoms. The number of hydrogen-bond acceptors (Lipinski definition) is 4. The molecule has 1 aliphatic heterocycles. The third kappa shape index (κ3) is 5.41. The van der Waals surface area contributed by atoms with Gasteiger partial charge in [0.15, 0.2) is 0 Å². The highest BCUT2D eigenvalue weighted by atomic mass is 16.3. The van der Waals surface area contributed by atoms with E-state index in [1.807, 2.05) is 17.0 Å². The summed E-state index contributed by atoms with van der Waals surface area (Å²) >= 11 is 0. The Morgan fingerprint density at radius 3 is 2.67 bits per heavy atom. The summed E-state index contributed by atoms with van der Waals surface area (Å²) in [7, 11) is 0. The summed E-state index contributed by atoms with van der Waals surface area (Å²) in [5, 5.41) is 9.62. The van der Waals surface area contributed by atoms with E-state index in [9.17, 15) is 9.90 Å². The molecule has 1 unspecified atom stereocenters. The van der Waals surface area contributed by atoms with Crippen LogP contribution in [0.15, 0.2) is 49.2 Å². The second-order valence-electron chi connectivity index (χ2n) is 6.54. The lowest BCUT2D eigenvalue weighted by Crippen LogP contribution is -2.40. The summed E-state index contributed by atoms with van der Waals surface area (Å²) in [6.07, 6.45) is 8.40. The molecule has 2 aromatic rings. The normalized spacial score (nSPS) is 17.0. The molecule has 6 nitrogen and oxygen atoms in total. The third-order valence-corrected chi connectivity index (χ3v) is 4.60. The Morgan fingerprint density at radius 2 is 2.07 bits per heavy atom. The summed E-state index contributed by atoms with van der Waals surface area (Å²) < 4.78 is 0. The van der Waals surface area contributed by atoms with E-state index in [0.717, 1.165) is 24.9 Å². The van der Waals surface area contributed by atoms with Crippen molar-refractivity contribution in [1.29, 1.82) is 0 Å². The van der Waals surface area contributed by atoms with Crippen molar-refractivity contribution in [3.05, 3.63) is 60.3 Å². The Kier molecular flexibility index (Phi) is 7.11. The molecule has 1 aliphatic rings. The van der Waals surface area contributed by atoms with Crippen molar-refractivity contribution in [3.8, 4) is 5.75 Å². The first-order valence-corrected chi connectivity index (χ1v) is 9.05. The zero-order valence-corrected chi connectivity index (χ0v) is 15.7. The Hall–Kier alpha value is -3.15. The number of likely N-dealkylation sites (tertiary alicyclic amines) is 1. The molecule has 1 amide bonds. The number of nitrogens with two attached hydrogens (primary N) is 2. The highest BCUT2D eigenvalue weighted by Gasteiger charge is 2.20. The Morgan fingerprint density at radius 1 is 1.33 bits per heavy atom. The SMILES string of the molecule is C=CC(=O)N1CCCCC1C.N/C(=C\c1cc[nH]c1N)c1ccccc1O. The van der Waals surface area contributed by atoms with Gasteiger partial charge in [-0.3, -0.25) is 4.79 Å². The van der Waals surface area contributed by atoms with Gasteiger partial charge in [-0.1, -0.05) is 18.7 Å². The summed E-state index contributed by atoms with van der Waals surface area (Å²) in [5.41, 5.74) is 13.5. The molecule has 0 bridgehead atoms. The van der Waals surface area contributed by atoms with Crippen molar-refractivity contribution in [2.45, 2.75) is 32.2 Å². The van der Waals surface area contributed by atoms with Crippen LogP contribution in [-0.2, 0) is 4.79 Å². The van der Waals surface area contributed by atoms with Gasteiger partial charge in [-0.05, 0) is 56.5 Å². The lowest BCUT2D eigenvalue weighted by Gasteiger charge is -2.32. The van der Waals surface area contributed by atoms with Crippen molar-refractivity contribution in [2.75, 3.05) is 12.3 Å². The fraction of sp³-hybridized carbons (Fsp3) is 0.286. The number of amides is 1. The molecule has 1 atom stereocenters. The number of aromatic hydroxyl groups is 1. The molecule has 3 rings (SSSR count). The van der Waals surface area contributed by atoms with E-state index in [-0.39, 0.29) is 11.7 Å². The van der Waals surface area contributed by atoms with Crippen LogP contribution in [0, 0.1) is 0 Å². The van der Waals surface area contributed by atoms with Crippen LogP contribution in [-0.4, -0.2) is 33.5 Å². The first kappa shape index (κ1) is 20.2. The molecule has 0 saturated carbocycles. The maximum absolute atomic E-state index is 11.2. The van der Waals surface area contributed by atoms with Crippen LogP contribution in [0.4, 0.5) is 5.82 Å². The predicted octanol–water partition coefficient (Wildman–Crippen LogP) is 3.33. The van der Waals surface area contributed by atoms with Gasteiger partial charge >= 0.3 is 0 Å². The van der Waals surface area contributed by atoms with E-state index in [0.29, 0.717) is 23.1 Å². The molecule has 27 heavy (non-hydrogen) atoms. The average molecular weight is 368 g/mol. The van der Waals surface area contributed by atoms with Crippen LogP contribution in [0.1, 0.15) is 37.3 Å². The molecule has 1 saturated heterocycles. The van der Waals surface area contributed by atoms with Gasteiger partial charge in [-0.25, -0.2) is 0 Å². The van der Waals surface area contributed by atoms with Crippen molar-refractivity contribution < 1.29 is 9.90 Å². The molecule has 6 N–H and O–H groups in total. The minimum absolute atomic E-state index is 0.0807. The van der Waals surface area contributed by atoms with Gasteiger partial charge in [0, 0.05) is 35.6 Å². The van der Waals surface area contributed by atoms with E-state index < -0.39 is 0 Å². The van der Waals surface area contributed by atoms with E-state index in [1.54, 1.807) is 30.5 Å². The number of benzene rings is 1. The molecule has 1 fully saturated rings. The Balaban J connectivity index is 0.000000208. The Labute approximate surface area is 160 Å². The predicted molar refractivity (Wildman–Crippen MR) is 111 cm³/mol. The zero-order valence-electron chi connectivity index (χ0n) is 15.7. The van der Waals surface area contributed by atoms with Gasteiger partial charge in [-0.15, -0.1) is 0 Å². The van der Waals surface area contributed by atoms with E-state index in [2.05, 4.69) is 18.5 Å². The monoisotopic (exact) mass is 368 g/mol. The molecular formula is C21H28N4O2. The number of piperidine rings is 1. The highest BCUT2D eigenvalue weighted by molar-refractivity contribution is 5.87. The van der Waals surface area contributed by atoms with Crippen LogP contribution < -0.4 is 11.5 Å². The number of hydrogen-bond donors (Lipinski definition) is 4. The number of aromatic amines is 1. The topological polar surface area (TPSA) is 108 Å². The molecule has 0 spiro atoms. The number of phenols is 1. The van der Waals surface area contributed by atoms with Crippen molar-refractivity contribution in [2.24, 2.45) is 5.73 Å². The Bertz CT molecular complexity index is 810. The highest BCUT2D eigenvalue weighted by Crippen LogP contribution is 2.24. The molecule has 1 aromatic heterocycles. The van der Waals surface area contributed by atoms with Crippen molar-refractivity contribution in [1.82, 2.24) is 9.88 Å². The molecule has 144 valence electrons. The largest absolute Gasteiger partial charge is 0.507 e. The summed E-state index contributed by atoms with van der Waals surface area (Å²) in [6.45, 7) is 6.49. The van der Waals surface area contributed by atoms with Crippen LogP contribution in [0.3, 0.4) is 0 Å². The van der Waals surface area contributed by atoms with Crippen LogP contribution in [0.5, 0.6) is 5.75 Å². The molecular weight excluding hydrogens is 340 g/mol. The number of nitrogen functional groups attached to an aromatic ring is 1. The number of rotatable bonds is 3. The van der Waals surface area contributed by atoms with Gasteiger partial charge in [0.25, 0.3) is 0 Å². The average Bonchev–Trinajstić information content (AvgIpc) is 3.07. The minimum atomic E-state index is 0.0807. The van der Waals surface area contributed by atoms with Crippen molar-refractivity contribution in [3.63, 3.8) is 0 Å². The number of para-hydroxylation sites is 1. The van der Waals surface area contributed by atoms with E-state index >= 15 is 0 Å². The summed E-state index contributed by atoms with van der Waals surface area (Å²) in [5.74, 6) is 0.793. The molecule has 0 radical (unpaired) electrons. The maximum atomic E-state index is 11.2. The minimum Gasteiger partial charge on any atom is -0.507 e. The fourth-order valence-electron chi connectivity index (χ4n) is 3.03. The lowest BCUT2D eigenvalue weighted by molar-refractivity contribution is -0.129. The first-order chi connectivity index (χ1) is 12.9. The van der Waals surface area contributed by atoms with E-state index in [1.165, 1.54) is 12.5 Å². The summed E-state index contributed by atoms with van der Waals surface area (Å²) in [6, 6.07) is 9.14. The smallest absolute Gasteiger partial charge is 0.246 e. The quantitative estimate of drug-likeness (QED) is 0.623. The lowest BCUT2D eigenvalue weighted by atomic mass is 10.0. The van der Waals surface area contributed by atoms with Gasteiger partial charge in [-0.2, -0.15) is 0 Å². The third-order valence-electron chi connectivity index (χ3n) is 4.60. The van der Waals surface area contributed by atoms with Crippen molar-refractivity contribution >= 4 is 23.5 Å². The van der Waals surface area contributed by atoms with Crippen LogP contribution in [0.25, 0.3) is 11.8 Å². The number of aromatic nitrogens is 1. The molecule has 0 aliphatic carbocycles. The van der Waals surface area contributed by atoms with E-state index in [4.69, 9.17) is 11.5 Å². The first-order valence-electron chi connectivity index (χ1n) is 9.05. The number of carbonyl (C=O) groups is 1. The second-order valence-corrected chi connectivity index (χ2v) is 6.54. The number of nitrogens with one attached hydrogen (secondary N) is 1. The number of H-pyrrole nitrogens is 1. The van der Waals surface area contributed by atoms with Crippen LogP contribution in [0.2, 0.25) is 0 Å². The van der Waals surface area contributed by atoms with Gasteiger partial charge < -0.3 is 26.5 Å². The van der Waals surface area contributed by atoms with Gasteiger partial charge in [0.05, 0.1) is 0 Å².